The monoisotopic (exact) mass is 303 g/mol. The number of nitrogens with two attached hydrogens (primary N) is 1. The topological polar surface area (TPSA) is 86.5 Å². The highest BCUT2D eigenvalue weighted by Crippen LogP contribution is 2.19. The summed E-state index contributed by atoms with van der Waals surface area (Å²) in [6, 6.07) is 2.91. The van der Waals surface area contributed by atoms with Gasteiger partial charge in [-0.1, -0.05) is 20.8 Å². The Bertz CT molecular complexity index is 605. The number of hydrogen-bond donors (Lipinski definition) is 1. The number of rotatable bonds is 4. The van der Waals surface area contributed by atoms with Crippen molar-refractivity contribution < 1.29 is 22.3 Å². The molecule has 0 aliphatic carbocycles. The van der Waals surface area contributed by atoms with Crippen LogP contribution in [0.3, 0.4) is 0 Å². The summed E-state index contributed by atoms with van der Waals surface area (Å²) in [6.45, 7) is 6.19. The number of benzene rings is 1. The van der Waals surface area contributed by atoms with E-state index in [0.29, 0.717) is 6.42 Å². The minimum atomic E-state index is -4.22. The third kappa shape index (κ3) is 4.90. The molecule has 0 spiro atoms. The molecule has 7 heteroatoms. The van der Waals surface area contributed by atoms with Crippen molar-refractivity contribution >= 4 is 16.0 Å². The molecule has 0 amide bonds. The van der Waals surface area contributed by atoms with E-state index in [4.69, 9.17) is 9.88 Å². The van der Waals surface area contributed by atoms with Gasteiger partial charge >= 0.3 is 5.97 Å². The summed E-state index contributed by atoms with van der Waals surface area (Å²) >= 11 is 0. The van der Waals surface area contributed by atoms with Crippen molar-refractivity contribution in [3.63, 3.8) is 0 Å². The van der Waals surface area contributed by atoms with Crippen LogP contribution in [-0.2, 0) is 14.8 Å². The first-order valence-corrected chi connectivity index (χ1v) is 7.55. The molecule has 0 atom stereocenters. The first-order chi connectivity index (χ1) is 9.00. The van der Waals surface area contributed by atoms with Gasteiger partial charge in [0.05, 0.1) is 12.2 Å². The number of primary sulfonamides is 1. The number of carbonyl (C=O) groups is 1. The Labute approximate surface area is 118 Å². The molecule has 0 unspecified atom stereocenters. The Balaban J connectivity index is 2.85. The van der Waals surface area contributed by atoms with Crippen molar-refractivity contribution in [3.05, 3.63) is 29.6 Å². The lowest BCUT2D eigenvalue weighted by molar-refractivity contribution is 0.0464. The largest absolute Gasteiger partial charge is 0.462 e. The van der Waals surface area contributed by atoms with E-state index in [2.05, 4.69) is 0 Å². The predicted octanol–water partition coefficient (Wildman–Crippen LogP) is 2.07. The first-order valence-electron chi connectivity index (χ1n) is 6.00. The van der Waals surface area contributed by atoms with E-state index >= 15 is 0 Å². The molecule has 0 saturated heterocycles. The molecule has 0 aromatic heterocycles. The van der Waals surface area contributed by atoms with Gasteiger partial charge in [0.15, 0.2) is 0 Å². The van der Waals surface area contributed by atoms with Gasteiger partial charge < -0.3 is 4.74 Å². The Morgan fingerprint density at radius 2 is 1.95 bits per heavy atom. The molecule has 0 fully saturated rings. The Morgan fingerprint density at radius 3 is 2.45 bits per heavy atom. The van der Waals surface area contributed by atoms with Gasteiger partial charge in [-0.15, -0.1) is 0 Å². The van der Waals surface area contributed by atoms with Crippen LogP contribution in [-0.4, -0.2) is 21.0 Å². The van der Waals surface area contributed by atoms with Crippen molar-refractivity contribution in [2.24, 2.45) is 10.6 Å². The van der Waals surface area contributed by atoms with E-state index < -0.39 is 26.7 Å². The zero-order valence-electron chi connectivity index (χ0n) is 11.6. The van der Waals surface area contributed by atoms with Crippen molar-refractivity contribution in [1.82, 2.24) is 0 Å². The van der Waals surface area contributed by atoms with Crippen LogP contribution in [0.1, 0.15) is 37.6 Å². The normalized spacial score (nSPS) is 12.2. The highest BCUT2D eigenvalue weighted by molar-refractivity contribution is 7.89. The van der Waals surface area contributed by atoms with Gasteiger partial charge in [-0.05, 0) is 30.0 Å². The molecule has 0 saturated carbocycles. The first kappa shape index (κ1) is 16.6. The number of ether oxygens (including phenoxy) is 1. The second-order valence-electron chi connectivity index (χ2n) is 5.64. The summed E-state index contributed by atoms with van der Waals surface area (Å²) in [5.74, 6) is -1.71. The quantitative estimate of drug-likeness (QED) is 0.863. The van der Waals surface area contributed by atoms with Crippen LogP contribution < -0.4 is 5.14 Å². The average Bonchev–Trinajstić information content (AvgIpc) is 2.26. The fourth-order valence-corrected chi connectivity index (χ4v) is 2.01. The van der Waals surface area contributed by atoms with E-state index in [0.717, 1.165) is 18.2 Å². The van der Waals surface area contributed by atoms with Gasteiger partial charge in [-0.25, -0.2) is 22.7 Å². The molecule has 0 radical (unpaired) electrons. The lowest BCUT2D eigenvalue weighted by Gasteiger charge is -2.17. The highest BCUT2D eigenvalue weighted by atomic mass is 32.2. The lowest BCUT2D eigenvalue weighted by atomic mass is 9.93. The van der Waals surface area contributed by atoms with Crippen LogP contribution >= 0.6 is 0 Å². The third-order valence-electron chi connectivity index (χ3n) is 2.56. The van der Waals surface area contributed by atoms with E-state index in [1.807, 2.05) is 20.8 Å². The minimum Gasteiger partial charge on any atom is -0.462 e. The van der Waals surface area contributed by atoms with Gasteiger partial charge in [0.1, 0.15) is 10.7 Å². The van der Waals surface area contributed by atoms with Crippen LogP contribution in [0.4, 0.5) is 4.39 Å². The molecule has 0 bridgehead atoms. The standard InChI is InChI=1S/C13H18FNO4S/c1-13(2,3)6-7-19-12(16)9-4-5-10(14)11(8-9)20(15,17)18/h4-5,8H,6-7H2,1-3H3,(H2,15,17,18). The van der Waals surface area contributed by atoms with Crippen molar-refractivity contribution in [1.29, 1.82) is 0 Å². The number of esters is 1. The number of hydrogen-bond acceptors (Lipinski definition) is 4. The molecule has 2 N–H and O–H groups in total. The molecule has 1 aromatic rings. The van der Waals surface area contributed by atoms with Crippen LogP contribution in [0.2, 0.25) is 0 Å². The smallest absolute Gasteiger partial charge is 0.338 e. The second kappa shape index (κ2) is 5.88. The zero-order valence-corrected chi connectivity index (χ0v) is 12.5. The molecule has 1 rings (SSSR count). The fourth-order valence-electron chi connectivity index (χ4n) is 1.38. The van der Waals surface area contributed by atoms with Crippen molar-refractivity contribution in [2.45, 2.75) is 32.1 Å². The summed E-state index contributed by atoms with van der Waals surface area (Å²) < 4.78 is 40.7. The van der Waals surface area contributed by atoms with Crippen LogP contribution in [0.25, 0.3) is 0 Å². The Kier molecular flexibility index (Phi) is 4.88. The van der Waals surface area contributed by atoms with Crippen LogP contribution in [0, 0.1) is 11.2 Å². The highest BCUT2D eigenvalue weighted by Gasteiger charge is 2.18. The number of sulfonamides is 1. The molecule has 112 valence electrons. The van der Waals surface area contributed by atoms with E-state index in [9.17, 15) is 17.6 Å². The van der Waals surface area contributed by atoms with E-state index in [1.54, 1.807) is 0 Å². The molecule has 20 heavy (non-hydrogen) atoms. The van der Waals surface area contributed by atoms with E-state index in [1.165, 1.54) is 0 Å². The fraction of sp³-hybridized carbons (Fsp3) is 0.462. The maximum absolute atomic E-state index is 13.3. The predicted molar refractivity (Wildman–Crippen MR) is 72.1 cm³/mol. The molecule has 1 aromatic carbocycles. The van der Waals surface area contributed by atoms with Gasteiger partial charge in [-0.2, -0.15) is 0 Å². The molecular weight excluding hydrogens is 285 g/mol. The summed E-state index contributed by atoms with van der Waals surface area (Å²) in [4.78, 5) is 11.0. The maximum atomic E-state index is 13.3. The van der Waals surface area contributed by atoms with Crippen molar-refractivity contribution in [3.8, 4) is 0 Å². The maximum Gasteiger partial charge on any atom is 0.338 e. The molecule has 0 aliphatic heterocycles. The molecule has 5 nitrogen and oxygen atoms in total. The number of carbonyl (C=O) groups excluding carboxylic acids is 1. The Hall–Kier alpha value is -1.47. The third-order valence-corrected chi connectivity index (χ3v) is 3.48. The zero-order chi connectivity index (χ0) is 15.6. The average molecular weight is 303 g/mol. The second-order valence-corrected chi connectivity index (χ2v) is 7.17. The van der Waals surface area contributed by atoms with Gasteiger partial charge in [-0.3, -0.25) is 0 Å². The van der Waals surface area contributed by atoms with Crippen LogP contribution in [0.5, 0.6) is 0 Å². The lowest BCUT2D eigenvalue weighted by Crippen LogP contribution is -2.16. The summed E-state index contributed by atoms with van der Waals surface area (Å²) in [7, 11) is -4.22. The van der Waals surface area contributed by atoms with E-state index in [-0.39, 0.29) is 17.6 Å². The summed E-state index contributed by atoms with van der Waals surface area (Å²) in [5.41, 5.74) is -0.0428. The summed E-state index contributed by atoms with van der Waals surface area (Å²) in [5, 5.41) is 4.86. The van der Waals surface area contributed by atoms with Gasteiger partial charge in [0, 0.05) is 0 Å². The van der Waals surface area contributed by atoms with Gasteiger partial charge in [0.25, 0.3) is 0 Å². The van der Waals surface area contributed by atoms with Crippen molar-refractivity contribution in [2.75, 3.05) is 6.61 Å². The molecular formula is C13H18FNO4S. The number of halogens is 1. The molecule has 0 heterocycles. The molecule has 0 aliphatic rings. The van der Waals surface area contributed by atoms with Gasteiger partial charge in [0.2, 0.25) is 10.0 Å². The minimum absolute atomic E-state index is 0.00876. The summed E-state index contributed by atoms with van der Waals surface area (Å²) in [6.07, 6.45) is 0.655. The van der Waals surface area contributed by atoms with Crippen LogP contribution in [0.15, 0.2) is 23.1 Å². The SMILES string of the molecule is CC(C)(C)CCOC(=O)c1ccc(F)c(S(N)(=O)=O)c1. The Morgan fingerprint density at radius 1 is 1.35 bits per heavy atom.